The Balaban J connectivity index is 2.82. The molecule has 94 valence electrons. The number of likely N-dealkylation sites (N-methyl/N-ethyl adjacent to an activating group) is 1. The van der Waals surface area contributed by atoms with E-state index in [9.17, 15) is 4.79 Å². The van der Waals surface area contributed by atoms with E-state index in [-0.39, 0.29) is 12.5 Å². The minimum absolute atomic E-state index is 0.0280. The van der Waals surface area contributed by atoms with E-state index in [0.29, 0.717) is 11.0 Å². The van der Waals surface area contributed by atoms with Crippen LogP contribution in [0.3, 0.4) is 0 Å². The highest BCUT2D eigenvalue weighted by molar-refractivity contribution is 6.29. The summed E-state index contributed by atoms with van der Waals surface area (Å²) in [5.41, 5.74) is 0. The molecule has 0 unspecified atom stereocenters. The molecule has 17 heavy (non-hydrogen) atoms. The second-order valence-electron chi connectivity index (χ2n) is 3.91. The number of rotatable bonds is 5. The van der Waals surface area contributed by atoms with Crippen LogP contribution in [0.5, 0.6) is 0 Å². The van der Waals surface area contributed by atoms with Crippen LogP contribution in [0.15, 0.2) is 12.4 Å². The predicted octanol–water partition coefficient (Wildman–Crippen LogP) is 1.43. The first-order valence-corrected chi connectivity index (χ1v) is 5.85. The van der Waals surface area contributed by atoms with Gasteiger partial charge in [0.25, 0.3) is 0 Å². The van der Waals surface area contributed by atoms with Crippen LogP contribution in [-0.2, 0) is 4.79 Å². The highest BCUT2D eigenvalue weighted by Gasteiger charge is 2.13. The van der Waals surface area contributed by atoms with Crippen LogP contribution < -0.4 is 4.90 Å². The SMILES string of the molecule is CCCN(CC(=O)N(C)C)c1cncc(Cl)n1. The summed E-state index contributed by atoms with van der Waals surface area (Å²) >= 11 is 5.79. The summed E-state index contributed by atoms with van der Waals surface area (Å²) in [6, 6.07) is 0. The molecule has 0 radical (unpaired) electrons. The molecule has 0 aliphatic heterocycles. The summed E-state index contributed by atoms with van der Waals surface area (Å²) in [5.74, 6) is 0.662. The maximum Gasteiger partial charge on any atom is 0.241 e. The second kappa shape index (κ2) is 6.39. The molecule has 0 fully saturated rings. The van der Waals surface area contributed by atoms with Crippen LogP contribution in [0.2, 0.25) is 5.15 Å². The minimum Gasteiger partial charge on any atom is -0.347 e. The van der Waals surface area contributed by atoms with Crippen molar-refractivity contribution in [1.82, 2.24) is 14.9 Å². The Morgan fingerprint density at radius 3 is 2.65 bits per heavy atom. The molecule has 6 heteroatoms. The van der Waals surface area contributed by atoms with Crippen molar-refractivity contribution in [2.24, 2.45) is 0 Å². The van der Waals surface area contributed by atoms with E-state index in [1.807, 2.05) is 11.8 Å². The average Bonchev–Trinajstić information content (AvgIpc) is 2.28. The molecule has 0 atom stereocenters. The molecule has 0 aliphatic rings. The maximum atomic E-state index is 11.7. The van der Waals surface area contributed by atoms with Crippen LogP contribution >= 0.6 is 11.6 Å². The van der Waals surface area contributed by atoms with Gasteiger partial charge >= 0.3 is 0 Å². The molecule has 0 spiro atoms. The van der Waals surface area contributed by atoms with Crippen LogP contribution in [0.25, 0.3) is 0 Å². The molecule has 0 saturated heterocycles. The lowest BCUT2D eigenvalue weighted by molar-refractivity contribution is -0.127. The molecule has 0 saturated carbocycles. The quantitative estimate of drug-likeness (QED) is 0.800. The summed E-state index contributed by atoms with van der Waals surface area (Å²) in [6.45, 7) is 3.08. The van der Waals surface area contributed by atoms with Crippen molar-refractivity contribution in [3.05, 3.63) is 17.5 Å². The van der Waals surface area contributed by atoms with Gasteiger partial charge in [-0.25, -0.2) is 4.98 Å². The molecule has 1 aromatic heterocycles. The fraction of sp³-hybridized carbons (Fsp3) is 0.545. The lowest BCUT2D eigenvalue weighted by Crippen LogP contribution is -2.37. The number of hydrogen-bond acceptors (Lipinski definition) is 4. The third-order valence-electron chi connectivity index (χ3n) is 2.23. The van der Waals surface area contributed by atoms with Crippen LogP contribution in [0, 0.1) is 0 Å². The van der Waals surface area contributed by atoms with Gasteiger partial charge in [0.2, 0.25) is 5.91 Å². The standard InChI is InChI=1S/C11H17ClN4O/c1-4-5-16(8-11(17)15(2)3)10-7-13-6-9(12)14-10/h6-7H,4-5,8H2,1-3H3. The van der Waals surface area contributed by atoms with Crippen LogP contribution in [0.4, 0.5) is 5.82 Å². The molecular formula is C11H17ClN4O. The monoisotopic (exact) mass is 256 g/mol. The van der Waals surface area contributed by atoms with E-state index in [4.69, 9.17) is 11.6 Å². The molecule has 1 amide bonds. The van der Waals surface area contributed by atoms with Gasteiger partial charge in [-0.05, 0) is 6.42 Å². The largest absolute Gasteiger partial charge is 0.347 e. The van der Waals surface area contributed by atoms with Gasteiger partial charge in [0, 0.05) is 20.6 Å². The first-order valence-electron chi connectivity index (χ1n) is 5.47. The van der Waals surface area contributed by atoms with E-state index < -0.39 is 0 Å². The Hall–Kier alpha value is -1.36. The van der Waals surface area contributed by atoms with E-state index >= 15 is 0 Å². The third-order valence-corrected chi connectivity index (χ3v) is 2.42. The summed E-state index contributed by atoms with van der Waals surface area (Å²) in [5, 5.41) is 0.334. The highest BCUT2D eigenvalue weighted by Crippen LogP contribution is 2.13. The number of carbonyl (C=O) groups excluding carboxylic acids is 1. The number of carbonyl (C=O) groups is 1. The Bertz CT molecular complexity index is 383. The molecule has 0 N–H and O–H groups in total. The molecule has 0 aromatic carbocycles. The molecule has 5 nitrogen and oxygen atoms in total. The second-order valence-corrected chi connectivity index (χ2v) is 4.30. The number of halogens is 1. The van der Waals surface area contributed by atoms with Gasteiger partial charge < -0.3 is 9.80 Å². The molecule has 1 heterocycles. The Labute approximate surface area is 106 Å². The zero-order chi connectivity index (χ0) is 12.8. The summed E-state index contributed by atoms with van der Waals surface area (Å²) < 4.78 is 0. The first kappa shape index (κ1) is 13.7. The van der Waals surface area contributed by atoms with Gasteiger partial charge in [0.15, 0.2) is 0 Å². The van der Waals surface area contributed by atoms with E-state index in [1.165, 1.54) is 6.20 Å². The van der Waals surface area contributed by atoms with Crippen molar-refractivity contribution >= 4 is 23.3 Å². The van der Waals surface area contributed by atoms with E-state index in [0.717, 1.165) is 13.0 Å². The molecule has 0 aliphatic carbocycles. The van der Waals surface area contributed by atoms with E-state index in [2.05, 4.69) is 9.97 Å². The number of aromatic nitrogens is 2. The van der Waals surface area contributed by atoms with Crippen molar-refractivity contribution in [2.45, 2.75) is 13.3 Å². The maximum absolute atomic E-state index is 11.7. The normalized spacial score (nSPS) is 10.1. The summed E-state index contributed by atoms with van der Waals surface area (Å²) in [6.07, 6.45) is 4.02. The van der Waals surface area contributed by atoms with Gasteiger partial charge in [0.05, 0.1) is 18.9 Å². The van der Waals surface area contributed by atoms with Crippen LogP contribution in [-0.4, -0.2) is 48.0 Å². The molecular weight excluding hydrogens is 240 g/mol. The topological polar surface area (TPSA) is 49.3 Å². The molecule has 1 rings (SSSR count). The predicted molar refractivity (Wildman–Crippen MR) is 68.2 cm³/mol. The van der Waals surface area contributed by atoms with E-state index in [1.54, 1.807) is 25.2 Å². The van der Waals surface area contributed by atoms with Crippen LogP contribution in [0.1, 0.15) is 13.3 Å². The zero-order valence-corrected chi connectivity index (χ0v) is 11.1. The Morgan fingerprint density at radius 1 is 1.41 bits per heavy atom. The Kier molecular flexibility index (Phi) is 5.15. The van der Waals surface area contributed by atoms with Crippen molar-refractivity contribution in [2.75, 3.05) is 32.1 Å². The van der Waals surface area contributed by atoms with Crippen molar-refractivity contribution < 1.29 is 4.79 Å². The lowest BCUT2D eigenvalue weighted by atomic mass is 10.3. The third kappa shape index (κ3) is 4.19. The van der Waals surface area contributed by atoms with Crippen molar-refractivity contribution in [3.8, 4) is 0 Å². The minimum atomic E-state index is 0.0280. The van der Waals surface area contributed by atoms with Gasteiger partial charge in [-0.1, -0.05) is 18.5 Å². The number of amides is 1. The first-order chi connectivity index (χ1) is 8.04. The van der Waals surface area contributed by atoms with Crippen molar-refractivity contribution in [1.29, 1.82) is 0 Å². The average molecular weight is 257 g/mol. The van der Waals surface area contributed by atoms with Crippen molar-refractivity contribution in [3.63, 3.8) is 0 Å². The Morgan fingerprint density at radius 2 is 2.12 bits per heavy atom. The van der Waals surface area contributed by atoms with Gasteiger partial charge in [-0.3, -0.25) is 9.78 Å². The van der Waals surface area contributed by atoms with Gasteiger partial charge in [-0.2, -0.15) is 0 Å². The number of nitrogens with zero attached hydrogens (tertiary/aromatic N) is 4. The molecule has 0 bridgehead atoms. The fourth-order valence-electron chi connectivity index (χ4n) is 1.33. The summed E-state index contributed by atoms with van der Waals surface area (Å²) in [4.78, 5) is 23.3. The zero-order valence-electron chi connectivity index (χ0n) is 10.4. The smallest absolute Gasteiger partial charge is 0.241 e. The summed E-state index contributed by atoms with van der Waals surface area (Å²) in [7, 11) is 3.46. The fourth-order valence-corrected chi connectivity index (χ4v) is 1.48. The van der Waals surface area contributed by atoms with Gasteiger partial charge in [-0.15, -0.1) is 0 Å². The lowest BCUT2D eigenvalue weighted by Gasteiger charge is -2.23. The van der Waals surface area contributed by atoms with Gasteiger partial charge in [0.1, 0.15) is 11.0 Å². The molecule has 1 aromatic rings. The highest BCUT2D eigenvalue weighted by atomic mass is 35.5. The number of hydrogen-bond donors (Lipinski definition) is 0. The number of anilines is 1.